The van der Waals surface area contributed by atoms with E-state index < -0.39 is 11.6 Å². The minimum Gasteiger partial charge on any atom is -0.493 e. The van der Waals surface area contributed by atoms with Crippen LogP contribution in [-0.2, 0) is 11.2 Å². The number of amides is 1. The van der Waals surface area contributed by atoms with Crippen LogP contribution in [0.2, 0.25) is 0 Å². The third-order valence-electron chi connectivity index (χ3n) is 4.65. The van der Waals surface area contributed by atoms with E-state index in [9.17, 15) is 13.6 Å². The third kappa shape index (κ3) is 7.81. The summed E-state index contributed by atoms with van der Waals surface area (Å²) in [6, 6.07) is 10.2. The van der Waals surface area contributed by atoms with E-state index in [4.69, 9.17) is 4.74 Å². The van der Waals surface area contributed by atoms with E-state index in [2.05, 4.69) is 35.8 Å². The van der Waals surface area contributed by atoms with Crippen molar-refractivity contribution in [1.29, 1.82) is 0 Å². The molecule has 0 saturated carbocycles. The number of hydrogen-bond donors (Lipinski definition) is 2. The maximum Gasteiger partial charge on any atom is 0.216 e. The van der Waals surface area contributed by atoms with Crippen molar-refractivity contribution in [1.82, 2.24) is 10.6 Å². The molecule has 1 atom stereocenters. The molecule has 2 N–H and O–H groups in total. The van der Waals surface area contributed by atoms with Crippen LogP contribution in [0.15, 0.2) is 36.4 Å². The Bertz CT molecular complexity index is 761. The average molecular weight is 405 g/mol. The van der Waals surface area contributed by atoms with E-state index in [-0.39, 0.29) is 5.91 Å². The van der Waals surface area contributed by atoms with Gasteiger partial charge in [-0.1, -0.05) is 19.1 Å². The lowest BCUT2D eigenvalue weighted by Crippen LogP contribution is -2.30. The number of aryl methyl sites for hydroxylation is 2. The van der Waals surface area contributed by atoms with Crippen LogP contribution in [0, 0.1) is 18.6 Å². The van der Waals surface area contributed by atoms with Crippen molar-refractivity contribution in [2.75, 3.05) is 19.7 Å². The van der Waals surface area contributed by atoms with Crippen LogP contribution in [0.4, 0.5) is 8.78 Å². The van der Waals surface area contributed by atoms with E-state index in [1.54, 1.807) is 13.8 Å². The van der Waals surface area contributed by atoms with E-state index in [0.717, 1.165) is 50.8 Å². The van der Waals surface area contributed by atoms with E-state index in [1.807, 2.05) is 0 Å². The second-order valence-corrected chi connectivity index (χ2v) is 7.15. The second-order valence-electron chi connectivity index (χ2n) is 7.15. The zero-order valence-electron chi connectivity index (χ0n) is 17.4. The Morgan fingerprint density at radius 1 is 1.14 bits per heavy atom. The van der Waals surface area contributed by atoms with E-state index >= 15 is 0 Å². The highest BCUT2D eigenvalue weighted by Crippen LogP contribution is 2.32. The van der Waals surface area contributed by atoms with Crippen LogP contribution in [0.1, 0.15) is 49.4 Å². The lowest BCUT2D eigenvalue weighted by Gasteiger charge is -2.27. The molecule has 3 rings (SSSR count). The zero-order valence-corrected chi connectivity index (χ0v) is 17.4. The molecule has 1 unspecified atom stereocenters. The Kier molecular flexibility index (Phi) is 9.06. The summed E-state index contributed by atoms with van der Waals surface area (Å²) in [6.07, 6.45) is 2.99. The summed E-state index contributed by atoms with van der Waals surface area (Å²) in [4.78, 5) is 10.8. The number of nitrogens with one attached hydrogen (secondary N) is 2. The highest BCUT2D eigenvalue weighted by atomic mass is 19.1. The summed E-state index contributed by atoms with van der Waals surface area (Å²) >= 11 is 0. The minimum absolute atomic E-state index is 0.0361. The predicted octanol–water partition coefficient (Wildman–Crippen LogP) is 4.46. The normalized spacial score (nSPS) is 14.9. The van der Waals surface area contributed by atoms with Gasteiger partial charge in [-0.25, -0.2) is 8.78 Å². The van der Waals surface area contributed by atoms with Gasteiger partial charge in [0.25, 0.3) is 0 Å². The quantitative estimate of drug-likeness (QED) is 0.699. The Hall–Kier alpha value is -2.47. The van der Waals surface area contributed by atoms with Crippen LogP contribution in [0.25, 0.3) is 0 Å². The first-order valence-corrected chi connectivity index (χ1v) is 10.0. The number of halogens is 2. The van der Waals surface area contributed by atoms with E-state index in [1.165, 1.54) is 23.3 Å². The molecule has 1 heterocycles. The molecule has 0 spiro atoms. The first-order chi connectivity index (χ1) is 13.9. The standard InChI is InChI=1S/C16H24N2O2.C7H6F2/c1-3-13-5-6-16-14(11-13)15(7-10-20-16)18-9-4-8-17-12(2)19;1-5-2-6(8)4-7(9)3-5/h5-6,11,15,18H,3-4,7-10H2,1-2H3,(H,17,19);2-4H,1H3. The second kappa shape index (κ2) is 11.5. The number of fused-ring (bicyclic) bond motifs is 1. The number of hydrogen-bond acceptors (Lipinski definition) is 3. The van der Waals surface area contributed by atoms with Gasteiger partial charge in [-0.3, -0.25) is 4.79 Å². The van der Waals surface area contributed by atoms with Crippen LogP contribution in [-0.4, -0.2) is 25.6 Å². The van der Waals surface area contributed by atoms with Crippen LogP contribution >= 0.6 is 0 Å². The molecule has 158 valence electrons. The molecule has 6 heteroatoms. The zero-order chi connectivity index (χ0) is 21.2. The van der Waals surface area contributed by atoms with Crippen molar-refractivity contribution < 1.29 is 18.3 Å². The SMILES string of the molecule is CCc1ccc2c(c1)C(NCCCNC(C)=O)CCO2.Cc1cc(F)cc(F)c1. The molecule has 2 aromatic carbocycles. The molecule has 0 aromatic heterocycles. The molecule has 0 aliphatic carbocycles. The highest BCUT2D eigenvalue weighted by Gasteiger charge is 2.20. The summed E-state index contributed by atoms with van der Waals surface area (Å²) in [7, 11) is 0. The van der Waals surface area contributed by atoms with Gasteiger partial charge in [0.05, 0.1) is 6.61 Å². The molecule has 2 aromatic rings. The van der Waals surface area contributed by atoms with Crippen molar-refractivity contribution >= 4 is 5.91 Å². The summed E-state index contributed by atoms with van der Waals surface area (Å²) < 4.78 is 30.1. The van der Waals surface area contributed by atoms with Gasteiger partial charge in [0.1, 0.15) is 17.4 Å². The van der Waals surface area contributed by atoms with Crippen molar-refractivity contribution in [2.24, 2.45) is 0 Å². The fraction of sp³-hybridized carbons (Fsp3) is 0.435. The molecule has 0 bridgehead atoms. The molecular weight excluding hydrogens is 374 g/mol. The van der Waals surface area contributed by atoms with Crippen LogP contribution in [0.5, 0.6) is 5.75 Å². The molecule has 1 amide bonds. The summed E-state index contributed by atoms with van der Waals surface area (Å²) in [6.45, 7) is 7.76. The van der Waals surface area contributed by atoms with Crippen molar-refractivity contribution in [3.05, 3.63) is 64.7 Å². The van der Waals surface area contributed by atoms with Crippen molar-refractivity contribution in [2.45, 2.75) is 46.1 Å². The third-order valence-corrected chi connectivity index (χ3v) is 4.65. The minimum atomic E-state index is -0.521. The molecule has 1 aliphatic rings. The first-order valence-electron chi connectivity index (χ1n) is 10.0. The van der Waals surface area contributed by atoms with Gasteiger partial charge in [0.2, 0.25) is 5.91 Å². The number of carbonyl (C=O) groups is 1. The largest absolute Gasteiger partial charge is 0.493 e. The Labute approximate surface area is 171 Å². The number of benzene rings is 2. The Morgan fingerprint density at radius 2 is 1.86 bits per heavy atom. The van der Waals surface area contributed by atoms with Gasteiger partial charge < -0.3 is 15.4 Å². The lowest BCUT2D eigenvalue weighted by atomic mass is 9.97. The molecular formula is C23H30F2N2O2. The summed E-state index contributed by atoms with van der Waals surface area (Å²) in [5.41, 5.74) is 3.22. The number of ether oxygens (including phenoxy) is 1. The monoisotopic (exact) mass is 404 g/mol. The average Bonchev–Trinajstić information content (AvgIpc) is 2.66. The van der Waals surface area contributed by atoms with Crippen molar-refractivity contribution in [3.8, 4) is 5.75 Å². The molecule has 0 radical (unpaired) electrons. The van der Waals surface area contributed by atoms with E-state index in [0.29, 0.717) is 11.6 Å². The number of rotatable bonds is 6. The Balaban J connectivity index is 0.000000278. The van der Waals surface area contributed by atoms with Gasteiger partial charge in [-0.05, 0) is 55.6 Å². The maximum absolute atomic E-state index is 12.2. The molecule has 1 aliphatic heterocycles. The smallest absolute Gasteiger partial charge is 0.216 e. The topological polar surface area (TPSA) is 50.4 Å². The summed E-state index contributed by atoms with van der Waals surface area (Å²) in [5, 5.41) is 6.39. The Morgan fingerprint density at radius 3 is 2.48 bits per heavy atom. The molecule has 4 nitrogen and oxygen atoms in total. The van der Waals surface area contributed by atoms with Crippen molar-refractivity contribution in [3.63, 3.8) is 0 Å². The van der Waals surface area contributed by atoms with Gasteiger partial charge in [-0.2, -0.15) is 0 Å². The van der Waals surface area contributed by atoms with Gasteiger partial charge in [-0.15, -0.1) is 0 Å². The molecule has 0 fully saturated rings. The lowest BCUT2D eigenvalue weighted by molar-refractivity contribution is -0.118. The first kappa shape index (κ1) is 22.8. The molecule has 0 saturated heterocycles. The van der Waals surface area contributed by atoms with Gasteiger partial charge >= 0.3 is 0 Å². The predicted molar refractivity (Wildman–Crippen MR) is 111 cm³/mol. The van der Waals surface area contributed by atoms with Gasteiger partial charge in [0, 0.05) is 37.6 Å². The summed E-state index contributed by atoms with van der Waals surface area (Å²) in [5.74, 6) is 0.00168. The van der Waals surface area contributed by atoms with Crippen LogP contribution in [0.3, 0.4) is 0 Å². The van der Waals surface area contributed by atoms with Crippen LogP contribution < -0.4 is 15.4 Å². The molecule has 29 heavy (non-hydrogen) atoms. The fourth-order valence-corrected chi connectivity index (χ4v) is 3.20. The van der Waals surface area contributed by atoms with Gasteiger partial charge in [0.15, 0.2) is 0 Å². The maximum atomic E-state index is 12.2. The fourth-order valence-electron chi connectivity index (χ4n) is 3.20. The number of carbonyl (C=O) groups excluding carboxylic acids is 1. The highest BCUT2D eigenvalue weighted by molar-refractivity contribution is 5.72.